The van der Waals surface area contributed by atoms with Gasteiger partial charge in [-0.25, -0.2) is 0 Å². The van der Waals surface area contributed by atoms with Crippen molar-refractivity contribution < 1.29 is 4.74 Å². The Morgan fingerprint density at radius 2 is 1.64 bits per heavy atom. The van der Waals surface area contributed by atoms with Crippen LogP contribution >= 0.6 is 0 Å². The van der Waals surface area contributed by atoms with Crippen molar-refractivity contribution in [2.45, 2.75) is 40.0 Å². The number of hydrogen-bond donors (Lipinski definition) is 1. The van der Waals surface area contributed by atoms with Crippen molar-refractivity contribution in [1.82, 2.24) is 0 Å². The van der Waals surface area contributed by atoms with Crippen LogP contribution in [0.5, 0.6) is 5.75 Å². The SMILES string of the molecule is Cc1ccc(C)c(C(CN)CCOc2ccc(C)c(C)c2)c1. The van der Waals surface area contributed by atoms with Crippen LogP contribution in [0.15, 0.2) is 36.4 Å². The fourth-order valence-electron chi connectivity index (χ4n) is 2.72. The van der Waals surface area contributed by atoms with Gasteiger partial charge in [0.2, 0.25) is 0 Å². The lowest BCUT2D eigenvalue weighted by atomic mass is 9.91. The summed E-state index contributed by atoms with van der Waals surface area (Å²) in [4.78, 5) is 0. The van der Waals surface area contributed by atoms with Crippen molar-refractivity contribution in [1.29, 1.82) is 0 Å². The summed E-state index contributed by atoms with van der Waals surface area (Å²) in [6.45, 7) is 9.85. The van der Waals surface area contributed by atoms with Gasteiger partial charge in [-0.2, -0.15) is 0 Å². The van der Waals surface area contributed by atoms with Crippen molar-refractivity contribution in [2.75, 3.05) is 13.2 Å². The second kappa shape index (κ2) is 7.46. The molecule has 1 atom stereocenters. The van der Waals surface area contributed by atoms with Crippen molar-refractivity contribution >= 4 is 0 Å². The largest absolute Gasteiger partial charge is 0.494 e. The first-order valence-corrected chi connectivity index (χ1v) is 7.98. The van der Waals surface area contributed by atoms with Gasteiger partial charge in [0.15, 0.2) is 0 Å². The quantitative estimate of drug-likeness (QED) is 0.856. The number of nitrogens with two attached hydrogens (primary N) is 1. The number of rotatable bonds is 6. The maximum atomic E-state index is 5.99. The Hall–Kier alpha value is -1.80. The van der Waals surface area contributed by atoms with Gasteiger partial charge in [0.1, 0.15) is 5.75 Å². The van der Waals surface area contributed by atoms with Crippen molar-refractivity contribution in [3.8, 4) is 5.75 Å². The molecule has 0 aromatic heterocycles. The van der Waals surface area contributed by atoms with Gasteiger partial charge in [0.25, 0.3) is 0 Å². The predicted molar refractivity (Wildman–Crippen MR) is 93.7 cm³/mol. The summed E-state index contributed by atoms with van der Waals surface area (Å²) in [5.41, 5.74) is 12.5. The number of benzene rings is 2. The molecule has 0 saturated carbocycles. The van der Waals surface area contributed by atoms with E-state index in [0.29, 0.717) is 19.1 Å². The normalized spacial score (nSPS) is 12.2. The lowest BCUT2D eigenvalue weighted by Gasteiger charge is -2.19. The molecular weight excluding hydrogens is 270 g/mol. The van der Waals surface area contributed by atoms with Gasteiger partial charge >= 0.3 is 0 Å². The Balaban J connectivity index is 1.99. The van der Waals surface area contributed by atoms with Gasteiger partial charge in [0.05, 0.1) is 6.61 Å². The smallest absolute Gasteiger partial charge is 0.119 e. The monoisotopic (exact) mass is 297 g/mol. The average molecular weight is 297 g/mol. The van der Waals surface area contributed by atoms with Crippen LogP contribution in [0.3, 0.4) is 0 Å². The molecule has 0 aliphatic carbocycles. The minimum atomic E-state index is 0.353. The molecule has 0 radical (unpaired) electrons. The van der Waals surface area contributed by atoms with Crippen LogP contribution in [-0.2, 0) is 0 Å². The van der Waals surface area contributed by atoms with Gasteiger partial charge < -0.3 is 10.5 Å². The third-order valence-corrected chi connectivity index (χ3v) is 4.37. The molecule has 0 saturated heterocycles. The van der Waals surface area contributed by atoms with Crippen molar-refractivity contribution in [3.05, 3.63) is 64.2 Å². The van der Waals surface area contributed by atoms with Gasteiger partial charge in [0, 0.05) is 0 Å². The van der Waals surface area contributed by atoms with Crippen LogP contribution in [0, 0.1) is 27.7 Å². The van der Waals surface area contributed by atoms with E-state index < -0.39 is 0 Å². The first-order chi connectivity index (χ1) is 10.5. The summed E-state index contributed by atoms with van der Waals surface area (Å²) in [5.74, 6) is 1.30. The van der Waals surface area contributed by atoms with Crippen LogP contribution in [0.4, 0.5) is 0 Å². The third kappa shape index (κ3) is 4.11. The molecule has 0 bridgehead atoms. The first kappa shape index (κ1) is 16.6. The minimum Gasteiger partial charge on any atom is -0.494 e. The van der Waals surface area contributed by atoms with E-state index in [9.17, 15) is 0 Å². The zero-order valence-electron chi connectivity index (χ0n) is 14.1. The molecule has 0 aliphatic heterocycles. The lowest BCUT2D eigenvalue weighted by Crippen LogP contribution is -2.16. The standard InChI is InChI=1S/C20H27NO/c1-14-5-6-16(3)20(11-14)18(13-21)9-10-22-19-8-7-15(2)17(4)12-19/h5-8,11-12,18H,9-10,13,21H2,1-4H3. The fourth-order valence-corrected chi connectivity index (χ4v) is 2.72. The number of ether oxygens (including phenoxy) is 1. The highest BCUT2D eigenvalue weighted by Crippen LogP contribution is 2.24. The molecule has 0 fully saturated rings. The van der Waals surface area contributed by atoms with E-state index in [-0.39, 0.29) is 0 Å². The highest BCUT2D eigenvalue weighted by atomic mass is 16.5. The summed E-state index contributed by atoms with van der Waals surface area (Å²) in [5, 5.41) is 0. The van der Waals surface area contributed by atoms with Gasteiger partial charge in [-0.05, 0) is 81.0 Å². The zero-order chi connectivity index (χ0) is 16.1. The molecule has 2 heteroatoms. The zero-order valence-corrected chi connectivity index (χ0v) is 14.1. The molecule has 118 valence electrons. The van der Waals surface area contributed by atoms with E-state index >= 15 is 0 Å². The van der Waals surface area contributed by atoms with Gasteiger partial charge in [-0.1, -0.05) is 29.8 Å². The van der Waals surface area contributed by atoms with E-state index in [1.807, 2.05) is 6.07 Å². The van der Waals surface area contributed by atoms with Crippen molar-refractivity contribution in [2.24, 2.45) is 5.73 Å². The molecule has 0 aliphatic rings. The summed E-state index contributed by atoms with van der Waals surface area (Å²) in [6, 6.07) is 12.8. The Morgan fingerprint density at radius 1 is 0.909 bits per heavy atom. The lowest BCUT2D eigenvalue weighted by molar-refractivity contribution is 0.298. The second-order valence-corrected chi connectivity index (χ2v) is 6.18. The maximum absolute atomic E-state index is 5.99. The van der Waals surface area contributed by atoms with Crippen LogP contribution in [-0.4, -0.2) is 13.2 Å². The molecule has 0 heterocycles. The number of aryl methyl sites for hydroxylation is 4. The molecule has 22 heavy (non-hydrogen) atoms. The molecule has 0 spiro atoms. The first-order valence-electron chi connectivity index (χ1n) is 7.98. The summed E-state index contributed by atoms with van der Waals surface area (Å²) in [7, 11) is 0. The maximum Gasteiger partial charge on any atom is 0.119 e. The Morgan fingerprint density at radius 3 is 2.32 bits per heavy atom. The van der Waals surface area contributed by atoms with Crippen molar-refractivity contribution in [3.63, 3.8) is 0 Å². The topological polar surface area (TPSA) is 35.2 Å². The highest BCUT2D eigenvalue weighted by Gasteiger charge is 2.13. The average Bonchev–Trinajstić information content (AvgIpc) is 2.50. The van der Waals surface area contributed by atoms with Gasteiger partial charge in [-0.15, -0.1) is 0 Å². The molecular formula is C20H27NO. The molecule has 0 amide bonds. The van der Waals surface area contributed by atoms with E-state index in [4.69, 9.17) is 10.5 Å². The molecule has 2 aromatic carbocycles. The Kier molecular flexibility index (Phi) is 5.62. The van der Waals surface area contributed by atoms with E-state index in [0.717, 1.165) is 12.2 Å². The molecule has 2 N–H and O–H groups in total. The molecule has 2 nitrogen and oxygen atoms in total. The predicted octanol–water partition coefficient (Wildman–Crippen LogP) is 4.43. The minimum absolute atomic E-state index is 0.353. The fraction of sp³-hybridized carbons (Fsp3) is 0.400. The molecule has 2 aromatic rings. The second-order valence-electron chi connectivity index (χ2n) is 6.18. The van der Waals surface area contributed by atoms with Crippen LogP contribution < -0.4 is 10.5 Å². The summed E-state index contributed by atoms with van der Waals surface area (Å²) < 4.78 is 5.91. The highest BCUT2D eigenvalue weighted by molar-refractivity contribution is 5.35. The number of hydrogen-bond acceptors (Lipinski definition) is 2. The molecule has 2 rings (SSSR count). The van der Waals surface area contributed by atoms with Gasteiger partial charge in [-0.3, -0.25) is 0 Å². The Labute approximate surface area is 134 Å². The summed E-state index contributed by atoms with van der Waals surface area (Å²) >= 11 is 0. The third-order valence-electron chi connectivity index (χ3n) is 4.37. The Bertz CT molecular complexity index is 634. The van der Waals surface area contributed by atoms with E-state index in [1.165, 1.54) is 27.8 Å². The van der Waals surface area contributed by atoms with Crippen LogP contribution in [0.1, 0.15) is 40.2 Å². The molecule has 1 unspecified atom stereocenters. The van der Waals surface area contributed by atoms with E-state index in [2.05, 4.69) is 58.0 Å². The van der Waals surface area contributed by atoms with E-state index in [1.54, 1.807) is 0 Å². The van der Waals surface area contributed by atoms with Crippen LogP contribution in [0.25, 0.3) is 0 Å². The summed E-state index contributed by atoms with van der Waals surface area (Å²) in [6.07, 6.45) is 0.938. The van der Waals surface area contributed by atoms with Crippen LogP contribution in [0.2, 0.25) is 0 Å².